The van der Waals surface area contributed by atoms with Crippen LogP contribution in [0.5, 0.6) is 0 Å². The zero-order valence-electron chi connectivity index (χ0n) is 16.6. The zero-order chi connectivity index (χ0) is 20.2. The quantitative estimate of drug-likeness (QED) is 0.516. The summed E-state index contributed by atoms with van der Waals surface area (Å²) >= 11 is 6.13. The third kappa shape index (κ3) is 4.67. The molecule has 0 spiro atoms. The SMILES string of the molecule is CC=CCN1CCC[C@@H](CNC2=C(F)CNC(=C3C=NC4NC=C(Cl)C=C34)N2)C1. The van der Waals surface area contributed by atoms with Crippen LogP contribution >= 0.6 is 11.6 Å². The van der Waals surface area contributed by atoms with Crippen LogP contribution < -0.4 is 21.3 Å². The molecular formula is C21H28ClFN6. The van der Waals surface area contributed by atoms with E-state index < -0.39 is 0 Å². The van der Waals surface area contributed by atoms with Gasteiger partial charge in [0.1, 0.15) is 17.8 Å². The van der Waals surface area contributed by atoms with Crippen LogP contribution in [-0.2, 0) is 0 Å². The fraction of sp³-hybridized carbons (Fsp3) is 0.476. The average Bonchev–Trinajstić information content (AvgIpc) is 3.15. The molecule has 4 aliphatic rings. The maximum atomic E-state index is 14.5. The van der Waals surface area contributed by atoms with Crippen LogP contribution in [0.3, 0.4) is 0 Å². The van der Waals surface area contributed by atoms with Gasteiger partial charge >= 0.3 is 0 Å². The molecule has 8 heteroatoms. The Labute approximate surface area is 176 Å². The number of hydrogen-bond acceptors (Lipinski definition) is 6. The van der Waals surface area contributed by atoms with Gasteiger partial charge in [0.25, 0.3) is 0 Å². The summed E-state index contributed by atoms with van der Waals surface area (Å²) in [6.45, 7) is 6.11. The average molecular weight is 419 g/mol. The number of rotatable bonds is 5. The predicted octanol–water partition coefficient (Wildman–Crippen LogP) is 2.43. The molecule has 29 heavy (non-hydrogen) atoms. The van der Waals surface area contributed by atoms with Crippen LogP contribution in [-0.4, -0.2) is 50.0 Å². The van der Waals surface area contributed by atoms with Gasteiger partial charge in [0.05, 0.1) is 11.6 Å². The van der Waals surface area contributed by atoms with Crippen molar-refractivity contribution in [2.75, 3.05) is 32.7 Å². The van der Waals surface area contributed by atoms with Gasteiger partial charge in [-0.2, -0.15) is 0 Å². The lowest BCUT2D eigenvalue weighted by Gasteiger charge is -2.33. The van der Waals surface area contributed by atoms with Crippen molar-refractivity contribution in [3.8, 4) is 0 Å². The van der Waals surface area contributed by atoms with Gasteiger partial charge in [-0.15, -0.1) is 0 Å². The number of likely N-dealkylation sites (tertiary alicyclic amines) is 1. The molecule has 4 rings (SSSR count). The summed E-state index contributed by atoms with van der Waals surface area (Å²) in [7, 11) is 0. The van der Waals surface area contributed by atoms with Crippen LogP contribution in [0.2, 0.25) is 0 Å². The first-order valence-electron chi connectivity index (χ1n) is 10.2. The molecule has 4 N–H and O–H groups in total. The number of hydrogen-bond donors (Lipinski definition) is 4. The Kier molecular flexibility index (Phi) is 6.25. The lowest BCUT2D eigenvalue weighted by atomic mass is 9.98. The molecule has 1 unspecified atom stereocenters. The smallest absolute Gasteiger partial charge is 0.159 e. The van der Waals surface area contributed by atoms with Crippen molar-refractivity contribution in [3.63, 3.8) is 0 Å². The van der Waals surface area contributed by atoms with Crippen LogP contribution in [0.4, 0.5) is 4.39 Å². The van der Waals surface area contributed by atoms with Crippen LogP contribution in [0, 0.1) is 5.92 Å². The van der Waals surface area contributed by atoms with Crippen molar-refractivity contribution in [2.45, 2.75) is 25.9 Å². The van der Waals surface area contributed by atoms with Crippen molar-refractivity contribution in [1.29, 1.82) is 0 Å². The van der Waals surface area contributed by atoms with Gasteiger partial charge in [0, 0.05) is 43.2 Å². The molecule has 0 bridgehead atoms. The predicted molar refractivity (Wildman–Crippen MR) is 116 cm³/mol. The largest absolute Gasteiger partial charge is 0.369 e. The molecule has 0 aliphatic carbocycles. The summed E-state index contributed by atoms with van der Waals surface area (Å²) in [5, 5.41) is 13.4. The Morgan fingerprint density at radius 1 is 1.45 bits per heavy atom. The summed E-state index contributed by atoms with van der Waals surface area (Å²) < 4.78 is 14.5. The lowest BCUT2D eigenvalue weighted by Crippen LogP contribution is -2.44. The molecule has 2 atom stereocenters. The Hall–Kier alpha value is -2.25. The molecule has 0 radical (unpaired) electrons. The van der Waals surface area contributed by atoms with Crippen molar-refractivity contribution in [2.24, 2.45) is 10.9 Å². The molecule has 4 aliphatic heterocycles. The van der Waals surface area contributed by atoms with Crippen molar-refractivity contribution in [1.82, 2.24) is 26.2 Å². The number of fused-ring (bicyclic) bond motifs is 1. The van der Waals surface area contributed by atoms with E-state index in [9.17, 15) is 4.39 Å². The molecule has 1 saturated heterocycles. The van der Waals surface area contributed by atoms with E-state index >= 15 is 0 Å². The molecule has 0 aromatic carbocycles. The highest BCUT2D eigenvalue weighted by atomic mass is 35.5. The van der Waals surface area contributed by atoms with Crippen molar-refractivity contribution >= 4 is 17.8 Å². The molecule has 0 saturated carbocycles. The minimum Gasteiger partial charge on any atom is -0.369 e. The fourth-order valence-electron chi connectivity index (χ4n) is 4.08. The third-order valence-corrected chi connectivity index (χ3v) is 5.83. The van der Waals surface area contributed by atoms with Gasteiger partial charge in [0.2, 0.25) is 0 Å². The van der Waals surface area contributed by atoms with E-state index in [1.807, 2.05) is 13.0 Å². The van der Waals surface area contributed by atoms with E-state index in [2.05, 4.69) is 43.3 Å². The van der Waals surface area contributed by atoms with Crippen LogP contribution in [0.1, 0.15) is 19.8 Å². The number of dihydropyridines is 1. The molecule has 4 heterocycles. The lowest BCUT2D eigenvalue weighted by molar-refractivity contribution is 0.189. The number of piperidine rings is 1. The highest BCUT2D eigenvalue weighted by molar-refractivity contribution is 6.31. The van der Waals surface area contributed by atoms with Gasteiger partial charge in [0.15, 0.2) is 5.83 Å². The second-order valence-corrected chi connectivity index (χ2v) is 8.18. The molecular weight excluding hydrogens is 391 g/mol. The number of aliphatic imine (C=N–C) groups is 1. The van der Waals surface area contributed by atoms with E-state index in [0.29, 0.717) is 16.8 Å². The summed E-state index contributed by atoms with van der Waals surface area (Å²) in [5.41, 5.74) is 1.87. The third-order valence-electron chi connectivity index (χ3n) is 5.61. The Bertz CT molecular complexity index is 825. The summed E-state index contributed by atoms with van der Waals surface area (Å²) in [5.74, 6) is 1.49. The Morgan fingerprint density at radius 3 is 3.21 bits per heavy atom. The number of allylic oxidation sites excluding steroid dienone is 3. The van der Waals surface area contributed by atoms with Gasteiger partial charge in [-0.3, -0.25) is 9.89 Å². The zero-order valence-corrected chi connectivity index (χ0v) is 17.4. The van der Waals surface area contributed by atoms with Gasteiger partial charge in [-0.05, 0) is 38.3 Å². The van der Waals surface area contributed by atoms with E-state index in [-0.39, 0.29) is 18.5 Å². The monoisotopic (exact) mass is 418 g/mol. The Morgan fingerprint density at radius 2 is 2.34 bits per heavy atom. The number of nitrogens with zero attached hydrogens (tertiary/aromatic N) is 2. The van der Waals surface area contributed by atoms with Gasteiger partial charge < -0.3 is 21.3 Å². The maximum absolute atomic E-state index is 14.5. The number of halogens is 2. The summed E-state index contributed by atoms with van der Waals surface area (Å²) in [6, 6.07) is 0. The van der Waals surface area contributed by atoms with Gasteiger partial charge in [-0.25, -0.2) is 4.39 Å². The molecule has 156 valence electrons. The van der Waals surface area contributed by atoms with E-state index in [1.165, 1.54) is 6.42 Å². The second-order valence-electron chi connectivity index (χ2n) is 7.74. The first-order valence-corrected chi connectivity index (χ1v) is 10.6. The summed E-state index contributed by atoms with van der Waals surface area (Å²) in [4.78, 5) is 6.92. The highest BCUT2D eigenvalue weighted by Crippen LogP contribution is 2.28. The minimum absolute atomic E-state index is 0.138. The molecule has 0 aromatic heterocycles. The first-order chi connectivity index (χ1) is 14.1. The van der Waals surface area contributed by atoms with E-state index in [4.69, 9.17) is 11.6 Å². The standard InChI is InChI=1S/C21H28ClFN6/c1-2-3-6-29-7-4-5-14(13-29)9-24-21-18(23)12-27-20(28-21)17-11-26-19-16(17)8-15(22)10-25-19/h2-3,8,10-11,14,19,24-25,27-28H,4-7,9,12-13H2,1H3/t14-,19?/m0/s1. The first kappa shape index (κ1) is 20.0. The molecule has 0 aromatic rings. The summed E-state index contributed by atoms with van der Waals surface area (Å²) in [6.07, 6.45) is 11.9. The second kappa shape index (κ2) is 9.05. The minimum atomic E-state index is -0.212. The molecule has 0 amide bonds. The molecule has 1 fully saturated rings. The maximum Gasteiger partial charge on any atom is 0.159 e. The highest BCUT2D eigenvalue weighted by Gasteiger charge is 2.28. The van der Waals surface area contributed by atoms with E-state index in [1.54, 1.807) is 12.4 Å². The fourth-order valence-corrected chi connectivity index (χ4v) is 4.26. The van der Waals surface area contributed by atoms with E-state index in [0.717, 1.165) is 49.6 Å². The van der Waals surface area contributed by atoms with Crippen LogP contribution in [0.25, 0.3) is 0 Å². The topological polar surface area (TPSA) is 63.7 Å². The van der Waals surface area contributed by atoms with Crippen LogP contribution in [0.15, 0.2) is 63.1 Å². The number of nitrogens with one attached hydrogen (secondary N) is 4. The van der Waals surface area contributed by atoms with Crippen molar-refractivity contribution in [3.05, 3.63) is 58.1 Å². The normalized spacial score (nSPS) is 29.8. The van der Waals surface area contributed by atoms with Crippen molar-refractivity contribution < 1.29 is 4.39 Å². The Balaban J connectivity index is 1.40. The van der Waals surface area contributed by atoms with Gasteiger partial charge in [-0.1, -0.05) is 23.8 Å². The molecule has 6 nitrogen and oxygen atoms in total.